The smallest absolute Gasteiger partial charge is 0.320 e. The molecule has 0 aliphatic rings. The van der Waals surface area contributed by atoms with Crippen LogP contribution in [0.5, 0.6) is 0 Å². The van der Waals surface area contributed by atoms with Crippen LogP contribution in [-0.2, 0) is 9.59 Å². The third kappa shape index (κ3) is 5.26. The highest BCUT2D eigenvalue weighted by Gasteiger charge is 2.84. The molecule has 2 rings (SSSR count). The van der Waals surface area contributed by atoms with Crippen molar-refractivity contribution in [2.45, 2.75) is 23.7 Å². The van der Waals surface area contributed by atoms with Gasteiger partial charge in [0.15, 0.2) is 0 Å². The van der Waals surface area contributed by atoms with Crippen molar-refractivity contribution in [2.24, 2.45) is 0 Å². The minimum Gasteiger partial charge on any atom is -0.320 e. The average Bonchev–Trinajstić information content (AvgIpc) is 2.80. The largest absolute Gasteiger partial charge is 0.393 e. The van der Waals surface area contributed by atoms with Crippen LogP contribution in [0.4, 0.5) is 57.9 Å². The summed E-state index contributed by atoms with van der Waals surface area (Å²) in [4.78, 5) is 42.7. The van der Waals surface area contributed by atoms with Gasteiger partial charge in [-0.2, -0.15) is 35.1 Å². The first kappa shape index (κ1) is 30.4. The van der Waals surface area contributed by atoms with Crippen molar-refractivity contribution in [1.29, 1.82) is 0 Å². The normalized spacial score (nSPS) is 12.6. The highest BCUT2D eigenvalue weighted by molar-refractivity contribution is 6.33. The minimum atomic E-state index is -7.25. The van der Waals surface area contributed by atoms with Crippen molar-refractivity contribution in [3.8, 4) is 0 Å². The standard InChI is InChI=1S/C18H8Cl2F8N4O6/c19-9-3-1-7(5-11(9)31(35)36)29-13(33)15(21,22)17(25,26)18(27,28)16(23,24)14(34)30-8-2-4-10(20)12(6-8)32(37)38/h1-6H,(H,29,33)(H,30,34). The molecule has 0 saturated carbocycles. The lowest BCUT2D eigenvalue weighted by Crippen LogP contribution is -2.67. The van der Waals surface area contributed by atoms with Crippen molar-refractivity contribution in [3.63, 3.8) is 0 Å². The van der Waals surface area contributed by atoms with Gasteiger partial charge in [0.25, 0.3) is 11.4 Å². The first-order chi connectivity index (χ1) is 17.2. The second-order valence-corrected chi connectivity index (χ2v) is 7.87. The van der Waals surface area contributed by atoms with Crippen molar-refractivity contribution < 1.29 is 54.6 Å². The van der Waals surface area contributed by atoms with Crippen LogP contribution in [-0.4, -0.2) is 45.4 Å². The summed E-state index contributed by atoms with van der Waals surface area (Å²) in [7, 11) is 0. The van der Waals surface area contributed by atoms with E-state index in [-0.39, 0.29) is 12.1 Å². The van der Waals surface area contributed by atoms with E-state index in [0.29, 0.717) is 24.3 Å². The molecule has 2 amide bonds. The van der Waals surface area contributed by atoms with Crippen LogP contribution in [0.1, 0.15) is 0 Å². The van der Waals surface area contributed by atoms with Gasteiger partial charge in [-0.1, -0.05) is 23.2 Å². The fourth-order valence-electron chi connectivity index (χ4n) is 2.56. The minimum absolute atomic E-state index is 0.278. The van der Waals surface area contributed by atoms with E-state index in [1.54, 1.807) is 0 Å². The number of nitrogens with zero attached hydrogens (tertiary/aromatic N) is 2. The fourth-order valence-corrected chi connectivity index (χ4v) is 2.93. The molecular formula is C18H8Cl2F8N4O6. The average molecular weight is 599 g/mol. The Labute approximate surface area is 213 Å². The summed E-state index contributed by atoms with van der Waals surface area (Å²) in [5, 5.41) is 22.3. The summed E-state index contributed by atoms with van der Waals surface area (Å²) in [5.74, 6) is -34.4. The Morgan fingerprint density at radius 2 is 0.947 bits per heavy atom. The van der Waals surface area contributed by atoms with Gasteiger partial charge in [-0.25, -0.2) is 0 Å². The number of halogens is 10. The van der Waals surface area contributed by atoms with Gasteiger partial charge in [0, 0.05) is 23.5 Å². The molecule has 0 atom stereocenters. The number of carbonyl (C=O) groups excluding carboxylic acids is 2. The van der Waals surface area contributed by atoms with Crippen LogP contribution in [0.3, 0.4) is 0 Å². The van der Waals surface area contributed by atoms with Gasteiger partial charge in [0.05, 0.1) is 9.85 Å². The molecule has 2 N–H and O–H groups in total. The number of nitro benzene ring substituents is 2. The molecule has 0 radical (unpaired) electrons. The molecule has 0 saturated heterocycles. The van der Waals surface area contributed by atoms with Gasteiger partial charge >= 0.3 is 35.5 Å². The van der Waals surface area contributed by atoms with Crippen LogP contribution in [0, 0.1) is 20.2 Å². The predicted molar refractivity (Wildman–Crippen MR) is 113 cm³/mol. The summed E-state index contributed by atoms with van der Waals surface area (Å²) in [5.41, 5.74) is -4.12. The molecule has 0 bridgehead atoms. The zero-order valence-electron chi connectivity index (χ0n) is 17.6. The van der Waals surface area contributed by atoms with Gasteiger partial charge in [0.2, 0.25) is 0 Å². The van der Waals surface area contributed by atoms with Gasteiger partial charge in [-0.15, -0.1) is 0 Å². The Morgan fingerprint density at radius 1 is 0.658 bits per heavy atom. The molecule has 206 valence electrons. The molecule has 10 nitrogen and oxygen atoms in total. The van der Waals surface area contributed by atoms with E-state index in [9.17, 15) is 64.9 Å². The molecule has 20 heteroatoms. The number of carbonyl (C=O) groups is 2. The molecule has 0 aromatic heterocycles. The Bertz CT molecular complexity index is 1230. The van der Waals surface area contributed by atoms with E-state index in [1.807, 2.05) is 0 Å². The molecule has 38 heavy (non-hydrogen) atoms. The van der Waals surface area contributed by atoms with Gasteiger partial charge in [-0.05, 0) is 24.3 Å². The van der Waals surface area contributed by atoms with E-state index in [0.717, 1.165) is 10.6 Å². The highest BCUT2D eigenvalue weighted by Crippen LogP contribution is 2.53. The first-order valence-corrected chi connectivity index (χ1v) is 9.96. The molecule has 0 spiro atoms. The van der Waals surface area contributed by atoms with E-state index in [2.05, 4.69) is 0 Å². The van der Waals surface area contributed by atoms with Gasteiger partial charge in [0.1, 0.15) is 10.0 Å². The molecule has 2 aromatic carbocycles. The van der Waals surface area contributed by atoms with Crippen molar-refractivity contribution >= 4 is 57.8 Å². The van der Waals surface area contributed by atoms with Crippen molar-refractivity contribution in [1.82, 2.24) is 0 Å². The van der Waals surface area contributed by atoms with Gasteiger partial charge < -0.3 is 10.6 Å². The maximum absolute atomic E-state index is 14.2. The zero-order valence-corrected chi connectivity index (χ0v) is 19.1. The Kier molecular flexibility index (Phi) is 8.14. The summed E-state index contributed by atoms with van der Waals surface area (Å²) in [6.07, 6.45) is 0. The number of amides is 2. The van der Waals surface area contributed by atoms with Crippen LogP contribution in [0.15, 0.2) is 36.4 Å². The lowest BCUT2D eigenvalue weighted by Gasteiger charge is -2.35. The monoisotopic (exact) mass is 598 g/mol. The fraction of sp³-hybridized carbons (Fsp3) is 0.222. The lowest BCUT2D eigenvalue weighted by atomic mass is 9.97. The molecule has 0 aliphatic heterocycles. The number of rotatable bonds is 9. The lowest BCUT2D eigenvalue weighted by molar-refractivity contribution is -0.384. The Hall–Kier alpha value is -3.80. The topological polar surface area (TPSA) is 144 Å². The molecule has 2 aromatic rings. The molecule has 0 unspecified atom stereocenters. The number of anilines is 2. The molecular weight excluding hydrogens is 591 g/mol. The van der Waals surface area contributed by atoms with Crippen molar-refractivity contribution in [2.75, 3.05) is 10.6 Å². The van der Waals surface area contributed by atoms with Crippen molar-refractivity contribution in [3.05, 3.63) is 66.7 Å². The number of alkyl halides is 8. The SMILES string of the molecule is O=C(Nc1ccc(Cl)c([N+](=O)[O-])c1)C(F)(F)C(F)(F)C(F)(F)C(F)(F)C(=O)Nc1ccc(Cl)c([N+](=O)[O-])c1. The predicted octanol–water partition coefficient (Wildman–Crippen LogP) is 5.93. The summed E-state index contributed by atoms with van der Waals surface area (Å²) >= 11 is 10.9. The maximum Gasteiger partial charge on any atom is 0.393 e. The second kappa shape index (κ2) is 10.2. The number of nitrogens with one attached hydrogen (secondary N) is 2. The summed E-state index contributed by atoms with van der Waals surface area (Å²) < 4.78 is 113. The Balaban J connectivity index is 2.37. The van der Waals surface area contributed by atoms with Crippen LogP contribution >= 0.6 is 23.2 Å². The van der Waals surface area contributed by atoms with Gasteiger partial charge in [-0.3, -0.25) is 29.8 Å². The quantitative estimate of drug-likeness (QED) is 0.208. The van der Waals surface area contributed by atoms with Crippen LogP contribution in [0.25, 0.3) is 0 Å². The molecule has 0 heterocycles. The van der Waals surface area contributed by atoms with E-state index >= 15 is 0 Å². The number of hydrogen-bond acceptors (Lipinski definition) is 6. The van der Waals surface area contributed by atoms with Crippen LogP contribution in [0.2, 0.25) is 10.0 Å². The third-order valence-electron chi connectivity index (χ3n) is 4.55. The Morgan fingerprint density at radius 3 is 1.21 bits per heavy atom. The molecule has 0 fully saturated rings. The maximum atomic E-state index is 14.2. The number of hydrogen-bond donors (Lipinski definition) is 2. The zero-order chi connectivity index (χ0) is 29.4. The number of nitro groups is 2. The van der Waals surface area contributed by atoms with E-state index < -0.39 is 78.1 Å². The van der Waals surface area contributed by atoms with E-state index in [1.165, 1.54) is 0 Å². The third-order valence-corrected chi connectivity index (χ3v) is 5.19. The van der Waals surface area contributed by atoms with E-state index in [4.69, 9.17) is 23.2 Å². The summed E-state index contributed by atoms with van der Waals surface area (Å²) in [6, 6.07) is 2.96. The van der Waals surface area contributed by atoms with Crippen LogP contribution < -0.4 is 10.6 Å². The second-order valence-electron chi connectivity index (χ2n) is 7.05. The number of benzene rings is 2. The summed E-state index contributed by atoms with van der Waals surface area (Å²) in [6.45, 7) is 0. The first-order valence-electron chi connectivity index (χ1n) is 9.20. The highest BCUT2D eigenvalue weighted by atomic mass is 35.5. The molecule has 0 aliphatic carbocycles.